The van der Waals surface area contributed by atoms with Gasteiger partial charge in [-0.2, -0.15) is 0 Å². The van der Waals surface area contributed by atoms with Gasteiger partial charge in [0.25, 0.3) is 0 Å². The van der Waals surface area contributed by atoms with E-state index in [2.05, 4.69) is 37.4 Å². The number of nitrogens with one attached hydrogen (secondary N) is 1. The predicted molar refractivity (Wildman–Crippen MR) is 76.2 cm³/mol. The van der Waals surface area contributed by atoms with Gasteiger partial charge < -0.3 is 10.1 Å². The highest BCUT2D eigenvalue weighted by Gasteiger charge is 2.30. The Bertz CT molecular complexity index is 371. The summed E-state index contributed by atoms with van der Waals surface area (Å²) in [6.45, 7) is 5.73. The maximum Gasteiger partial charge on any atom is 0.119 e. The Hall–Kier alpha value is -1.02. The molecule has 0 amide bonds. The van der Waals surface area contributed by atoms with Gasteiger partial charge in [0.15, 0.2) is 0 Å². The molecule has 0 saturated heterocycles. The molecular formula is C16H25NO. The van der Waals surface area contributed by atoms with E-state index in [0.717, 1.165) is 30.2 Å². The van der Waals surface area contributed by atoms with Crippen LogP contribution in [0.3, 0.4) is 0 Å². The van der Waals surface area contributed by atoms with Gasteiger partial charge in [0.2, 0.25) is 0 Å². The summed E-state index contributed by atoms with van der Waals surface area (Å²) >= 11 is 0. The molecule has 18 heavy (non-hydrogen) atoms. The molecule has 0 heterocycles. The van der Waals surface area contributed by atoms with E-state index < -0.39 is 0 Å². The highest BCUT2D eigenvalue weighted by atomic mass is 16.5. The van der Waals surface area contributed by atoms with Crippen molar-refractivity contribution < 1.29 is 4.74 Å². The lowest BCUT2D eigenvalue weighted by atomic mass is 9.75. The molecule has 0 aromatic heterocycles. The minimum absolute atomic E-state index is 0.717. The summed E-state index contributed by atoms with van der Waals surface area (Å²) in [6, 6.07) is 9.22. The van der Waals surface area contributed by atoms with Gasteiger partial charge in [-0.05, 0) is 48.9 Å². The van der Waals surface area contributed by atoms with Crippen molar-refractivity contribution in [2.24, 2.45) is 5.92 Å². The van der Waals surface area contributed by atoms with Crippen LogP contribution in [0, 0.1) is 5.92 Å². The minimum atomic E-state index is 0.717. The summed E-state index contributed by atoms with van der Waals surface area (Å²) < 4.78 is 5.28. The van der Waals surface area contributed by atoms with Crippen molar-refractivity contribution in [2.75, 3.05) is 13.7 Å². The molecule has 1 aromatic carbocycles. The van der Waals surface area contributed by atoms with Gasteiger partial charge in [-0.1, -0.05) is 32.4 Å². The fourth-order valence-electron chi connectivity index (χ4n) is 2.46. The van der Waals surface area contributed by atoms with E-state index in [4.69, 9.17) is 4.74 Å². The Kier molecular flexibility index (Phi) is 4.65. The van der Waals surface area contributed by atoms with E-state index in [1.54, 1.807) is 7.11 Å². The Morgan fingerprint density at radius 3 is 2.83 bits per heavy atom. The lowest BCUT2D eigenvalue weighted by molar-refractivity contribution is 0.277. The van der Waals surface area contributed by atoms with Crippen molar-refractivity contribution in [3.8, 4) is 5.75 Å². The van der Waals surface area contributed by atoms with Gasteiger partial charge in [-0.15, -0.1) is 0 Å². The summed E-state index contributed by atoms with van der Waals surface area (Å²) in [5, 5.41) is 3.67. The second kappa shape index (κ2) is 6.24. The molecule has 2 nitrogen and oxygen atoms in total. The molecule has 2 rings (SSSR count). The summed E-state index contributed by atoms with van der Waals surface area (Å²) in [6.07, 6.45) is 3.80. The van der Waals surface area contributed by atoms with E-state index in [9.17, 15) is 0 Å². The number of methoxy groups -OCH3 is 1. The van der Waals surface area contributed by atoms with Gasteiger partial charge in [-0.25, -0.2) is 0 Å². The second-order valence-corrected chi connectivity index (χ2v) is 5.56. The fraction of sp³-hybridized carbons (Fsp3) is 0.625. The van der Waals surface area contributed by atoms with Crippen LogP contribution in [-0.4, -0.2) is 19.7 Å². The van der Waals surface area contributed by atoms with E-state index in [1.165, 1.54) is 24.8 Å². The molecule has 0 aliphatic heterocycles. The highest BCUT2D eigenvalue weighted by Crippen LogP contribution is 2.37. The standard InChI is InChI=1S/C16H25NO/c1-4-12(2)11-17-15-8-14(9-15)13-6-5-7-16(10-13)18-3/h5-7,10,12,14-15,17H,4,8-9,11H2,1-3H3. The number of benzene rings is 1. The van der Waals surface area contributed by atoms with E-state index in [1.807, 2.05) is 6.07 Å². The SMILES string of the molecule is CCC(C)CNC1CC(c2cccc(OC)c2)C1. The van der Waals surface area contributed by atoms with Gasteiger partial charge in [0.1, 0.15) is 5.75 Å². The molecule has 0 bridgehead atoms. The van der Waals surface area contributed by atoms with Crippen LogP contribution in [-0.2, 0) is 0 Å². The van der Waals surface area contributed by atoms with E-state index >= 15 is 0 Å². The van der Waals surface area contributed by atoms with Gasteiger partial charge >= 0.3 is 0 Å². The molecule has 1 fully saturated rings. The van der Waals surface area contributed by atoms with Crippen LogP contribution in [0.25, 0.3) is 0 Å². The van der Waals surface area contributed by atoms with Gasteiger partial charge in [0.05, 0.1) is 7.11 Å². The first-order valence-corrected chi connectivity index (χ1v) is 7.10. The van der Waals surface area contributed by atoms with Crippen LogP contribution in [0.4, 0.5) is 0 Å². The zero-order valence-electron chi connectivity index (χ0n) is 11.8. The van der Waals surface area contributed by atoms with Crippen LogP contribution in [0.2, 0.25) is 0 Å². The van der Waals surface area contributed by atoms with Crippen LogP contribution >= 0.6 is 0 Å². The second-order valence-electron chi connectivity index (χ2n) is 5.56. The van der Waals surface area contributed by atoms with Crippen LogP contribution in [0.5, 0.6) is 5.75 Å². The molecule has 1 aliphatic carbocycles. The lowest BCUT2D eigenvalue weighted by Gasteiger charge is -2.37. The van der Waals surface area contributed by atoms with Crippen molar-refractivity contribution in [3.63, 3.8) is 0 Å². The highest BCUT2D eigenvalue weighted by molar-refractivity contribution is 5.32. The average Bonchev–Trinajstić information content (AvgIpc) is 2.36. The summed E-state index contributed by atoms with van der Waals surface area (Å²) in [5.74, 6) is 2.49. The van der Waals surface area contributed by atoms with E-state index in [0.29, 0.717) is 0 Å². The maximum absolute atomic E-state index is 5.28. The van der Waals surface area contributed by atoms with Gasteiger partial charge in [0, 0.05) is 6.04 Å². The van der Waals surface area contributed by atoms with Crippen molar-refractivity contribution in [1.82, 2.24) is 5.32 Å². The summed E-state index contributed by atoms with van der Waals surface area (Å²) in [4.78, 5) is 0. The van der Waals surface area contributed by atoms with Crippen molar-refractivity contribution in [1.29, 1.82) is 0 Å². The first-order chi connectivity index (χ1) is 8.72. The Balaban J connectivity index is 1.78. The third-order valence-corrected chi connectivity index (χ3v) is 4.16. The normalized spacial score (nSPS) is 24.4. The molecule has 1 aliphatic rings. The Morgan fingerprint density at radius 2 is 2.17 bits per heavy atom. The number of hydrogen-bond acceptors (Lipinski definition) is 2. The molecule has 0 spiro atoms. The zero-order valence-corrected chi connectivity index (χ0v) is 11.8. The van der Waals surface area contributed by atoms with Crippen molar-refractivity contribution >= 4 is 0 Å². The quantitative estimate of drug-likeness (QED) is 0.829. The van der Waals surface area contributed by atoms with Crippen LogP contribution in [0.1, 0.15) is 44.6 Å². The molecule has 1 N–H and O–H groups in total. The number of ether oxygens (including phenoxy) is 1. The largest absolute Gasteiger partial charge is 0.497 e. The van der Waals surface area contributed by atoms with Gasteiger partial charge in [-0.3, -0.25) is 0 Å². The maximum atomic E-state index is 5.28. The minimum Gasteiger partial charge on any atom is -0.497 e. The first-order valence-electron chi connectivity index (χ1n) is 7.10. The van der Waals surface area contributed by atoms with Crippen molar-refractivity contribution in [2.45, 2.75) is 45.1 Å². The molecule has 1 atom stereocenters. The number of rotatable bonds is 6. The Labute approximate surface area is 111 Å². The molecule has 0 radical (unpaired) electrons. The van der Waals surface area contributed by atoms with E-state index in [-0.39, 0.29) is 0 Å². The third kappa shape index (κ3) is 3.26. The average molecular weight is 247 g/mol. The zero-order chi connectivity index (χ0) is 13.0. The first kappa shape index (κ1) is 13.4. The molecule has 2 heteroatoms. The lowest BCUT2D eigenvalue weighted by Crippen LogP contribution is -2.41. The van der Waals surface area contributed by atoms with Crippen LogP contribution in [0.15, 0.2) is 24.3 Å². The monoisotopic (exact) mass is 247 g/mol. The number of hydrogen-bond donors (Lipinski definition) is 1. The predicted octanol–water partition coefficient (Wildman–Crippen LogP) is 3.58. The molecular weight excluding hydrogens is 222 g/mol. The summed E-state index contributed by atoms with van der Waals surface area (Å²) in [7, 11) is 1.73. The third-order valence-electron chi connectivity index (χ3n) is 4.16. The topological polar surface area (TPSA) is 21.3 Å². The smallest absolute Gasteiger partial charge is 0.119 e. The van der Waals surface area contributed by atoms with Crippen molar-refractivity contribution in [3.05, 3.63) is 29.8 Å². The summed E-state index contributed by atoms with van der Waals surface area (Å²) in [5.41, 5.74) is 1.43. The molecule has 1 aromatic rings. The molecule has 1 saturated carbocycles. The fourth-order valence-corrected chi connectivity index (χ4v) is 2.46. The molecule has 1 unspecified atom stereocenters. The van der Waals surface area contributed by atoms with Crippen LogP contribution < -0.4 is 10.1 Å². The molecule has 100 valence electrons. The Morgan fingerprint density at radius 1 is 1.39 bits per heavy atom.